The van der Waals surface area contributed by atoms with Crippen LogP contribution in [-0.4, -0.2) is 0 Å². The van der Waals surface area contributed by atoms with Gasteiger partial charge >= 0.3 is 0 Å². The molecule has 0 aromatic rings. The highest BCUT2D eigenvalue weighted by atomic mass is 14.2. The van der Waals surface area contributed by atoms with Crippen molar-refractivity contribution in [1.29, 1.82) is 0 Å². The molecule has 1 saturated carbocycles. The second kappa shape index (κ2) is 3.47. The van der Waals surface area contributed by atoms with E-state index in [0.717, 1.165) is 0 Å². The zero-order valence-corrected chi connectivity index (χ0v) is 8.03. The van der Waals surface area contributed by atoms with Gasteiger partial charge in [0.15, 0.2) is 0 Å². The minimum absolute atomic E-state index is 1.32. The van der Waals surface area contributed by atoms with E-state index in [9.17, 15) is 0 Å². The second-order valence-electron chi connectivity index (χ2n) is 4.06. The average Bonchev–Trinajstić information content (AvgIpc) is 2.77. The van der Waals surface area contributed by atoms with Crippen LogP contribution in [0.3, 0.4) is 0 Å². The molecule has 0 saturated heterocycles. The molecule has 0 heterocycles. The fourth-order valence-corrected chi connectivity index (χ4v) is 2.42. The fraction of sp³-hybridized carbons (Fsp3) is 0.667. The second-order valence-corrected chi connectivity index (χ2v) is 4.06. The first-order valence-electron chi connectivity index (χ1n) is 5.26. The molecular formula is C12H18. The maximum atomic E-state index is 2.45. The van der Waals surface area contributed by atoms with Crippen LogP contribution in [0.1, 0.15) is 51.9 Å². The van der Waals surface area contributed by atoms with Crippen molar-refractivity contribution < 1.29 is 0 Å². The largest absolute Gasteiger partial charge is 0.0810 e. The summed E-state index contributed by atoms with van der Waals surface area (Å²) >= 11 is 0. The van der Waals surface area contributed by atoms with E-state index in [1.165, 1.54) is 44.9 Å². The minimum Gasteiger partial charge on any atom is -0.0810 e. The van der Waals surface area contributed by atoms with Gasteiger partial charge in [0.25, 0.3) is 0 Å². The van der Waals surface area contributed by atoms with Gasteiger partial charge < -0.3 is 0 Å². The molecule has 0 atom stereocenters. The summed E-state index contributed by atoms with van der Waals surface area (Å²) in [6.07, 6.45) is 12.1. The van der Waals surface area contributed by atoms with Gasteiger partial charge in [-0.15, -0.1) is 0 Å². The van der Waals surface area contributed by atoms with Gasteiger partial charge in [-0.3, -0.25) is 0 Å². The normalized spacial score (nSPS) is 23.1. The number of hydrogen-bond acceptors (Lipinski definition) is 0. The Morgan fingerprint density at radius 2 is 1.83 bits per heavy atom. The Morgan fingerprint density at radius 1 is 1.08 bits per heavy atom. The molecule has 0 aliphatic heterocycles. The quantitative estimate of drug-likeness (QED) is 0.547. The predicted octanol–water partition coefficient (Wildman–Crippen LogP) is 3.99. The van der Waals surface area contributed by atoms with E-state index in [1.54, 1.807) is 16.7 Å². The van der Waals surface area contributed by atoms with E-state index >= 15 is 0 Å². The van der Waals surface area contributed by atoms with Crippen molar-refractivity contribution in [1.82, 2.24) is 0 Å². The first-order valence-corrected chi connectivity index (χ1v) is 5.26. The van der Waals surface area contributed by atoms with Crippen molar-refractivity contribution >= 4 is 0 Å². The maximum Gasteiger partial charge on any atom is -0.0276 e. The smallest absolute Gasteiger partial charge is 0.0276 e. The lowest BCUT2D eigenvalue weighted by Crippen LogP contribution is -1.86. The van der Waals surface area contributed by atoms with E-state index in [1.807, 2.05) is 0 Å². The van der Waals surface area contributed by atoms with Crippen molar-refractivity contribution in [3.05, 3.63) is 22.8 Å². The van der Waals surface area contributed by atoms with E-state index in [0.29, 0.717) is 0 Å². The molecule has 2 rings (SSSR count). The minimum atomic E-state index is 1.32. The molecule has 0 radical (unpaired) electrons. The molecule has 0 amide bonds. The van der Waals surface area contributed by atoms with Crippen molar-refractivity contribution in [3.8, 4) is 0 Å². The molecular weight excluding hydrogens is 144 g/mol. The molecule has 0 spiro atoms. The lowest BCUT2D eigenvalue weighted by atomic mass is 10.0. The first-order chi connectivity index (χ1) is 5.88. The van der Waals surface area contributed by atoms with Crippen LogP contribution in [0.15, 0.2) is 22.8 Å². The molecule has 0 unspecified atom stereocenters. The van der Waals surface area contributed by atoms with E-state index in [-0.39, 0.29) is 0 Å². The van der Waals surface area contributed by atoms with E-state index in [4.69, 9.17) is 0 Å². The van der Waals surface area contributed by atoms with Crippen molar-refractivity contribution in [2.45, 2.75) is 51.9 Å². The molecule has 0 aromatic carbocycles. The highest BCUT2D eigenvalue weighted by Gasteiger charge is 2.13. The predicted molar refractivity (Wildman–Crippen MR) is 53.1 cm³/mol. The third kappa shape index (κ3) is 1.48. The van der Waals surface area contributed by atoms with Crippen molar-refractivity contribution in [2.24, 2.45) is 0 Å². The third-order valence-electron chi connectivity index (χ3n) is 3.26. The summed E-state index contributed by atoms with van der Waals surface area (Å²) in [6.45, 7) is 2.33. The molecule has 12 heavy (non-hydrogen) atoms. The van der Waals surface area contributed by atoms with Crippen LogP contribution in [0.2, 0.25) is 0 Å². The van der Waals surface area contributed by atoms with Crippen molar-refractivity contribution in [3.63, 3.8) is 0 Å². The summed E-state index contributed by atoms with van der Waals surface area (Å²) in [5.74, 6) is 0. The lowest BCUT2D eigenvalue weighted by molar-refractivity contribution is 0.886. The summed E-state index contributed by atoms with van der Waals surface area (Å²) in [4.78, 5) is 0. The standard InChI is InChI=1S/C12H18/c1-10(11-6-2-3-7-11)12-8-4-5-9-12/h6H,2-5,7-9H2,1H3. The zero-order chi connectivity index (χ0) is 8.39. The van der Waals surface area contributed by atoms with Gasteiger partial charge in [-0.25, -0.2) is 0 Å². The van der Waals surface area contributed by atoms with Gasteiger partial charge in [0, 0.05) is 0 Å². The molecule has 0 bridgehead atoms. The van der Waals surface area contributed by atoms with Crippen LogP contribution < -0.4 is 0 Å². The van der Waals surface area contributed by atoms with Crippen LogP contribution >= 0.6 is 0 Å². The topological polar surface area (TPSA) is 0 Å². The summed E-state index contributed by atoms with van der Waals surface area (Å²) in [7, 11) is 0. The number of rotatable bonds is 1. The highest BCUT2D eigenvalue weighted by Crippen LogP contribution is 2.33. The number of hydrogen-bond donors (Lipinski definition) is 0. The molecule has 0 heteroatoms. The Hall–Kier alpha value is -0.520. The van der Waals surface area contributed by atoms with Crippen molar-refractivity contribution in [2.75, 3.05) is 0 Å². The highest BCUT2D eigenvalue weighted by molar-refractivity contribution is 5.36. The molecule has 0 aromatic heterocycles. The maximum absolute atomic E-state index is 2.45. The SMILES string of the molecule is CC(C1=CCCC1)=C1CCCC1. The monoisotopic (exact) mass is 162 g/mol. The van der Waals surface area contributed by atoms with E-state index < -0.39 is 0 Å². The van der Waals surface area contributed by atoms with Crippen LogP contribution in [0, 0.1) is 0 Å². The first kappa shape index (κ1) is 8.10. The molecule has 2 aliphatic rings. The summed E-state index contributed by atoms with van der Waals surface area (Å²) < 4.78 is 0. The lowest BCUT2D eigenvalue weighted by Gasteiger charge is -2.06. The Labute approximate surface area is 75.4 Å². The van der Waals surface area contributed by atoms with Gasteiger partial charge in [-0.05, 0) is 63.0 Å². The molecule has 1 fully saturated rings. The van der Waals surface area contributed by atoms with Gasteiger partial charge in [0.05, 0.1) is 0 Å². The fourth-order valence-electron chi connectivity index (χ4n) is 2.42. The summed E-state index contributed by atoms with van der Waals surface area (Å²) in [6, 6.07) is 0. The van der Waals surface area contributed by atoms with Crippen LogP contribution in [-0.2, 0) is 0 Å². The molecule has 0 nitrogen and oxygen atoms in total. The van der Waals surface area contributed by atoms with Crippen LogP contribution in [0.4, 0.5) is 0 Å². The molecule has 66 valence electrons. The van der Waals surface area contributed by atoms with E-state index in [2.05, 4.69) is 13.0 Å². The average molecular weight is 162 g/mol. The van der Waals surface area contributed by atoms with Crippen LogP contribution in [0.25, 0.3) is 0 Å². The Morgan fingerprint density at radius 3 is 2.42 bits per heavy atom. The van der Waals surface area contributed by atoms with Gasteiger partial charge in [0.2, 0.25) is 0 Å². The third-order valence-corrected chi connectivity index (χ3v) is 3.26. The molecule has 2 aliphatic carbocycles. The summed E-state index contributed by atoms with van der Waals surface area (Å²) in [5.41, 5.74) is 5.06. The summed E-state index contributed by atoms with van der Waals surface area (Å²) in [5, 5.41) is 0. The Kier molecular flexibility index (Phi) is 2.34. The van der Waals surface area contributed by atoms with Crippen LogP contribution in [0.5, 0.6) is 0 Å². The Bertz CT molecular complexity index is 222. The van der Waals surface area contributed by atoms with Gasteiger partial charge in [-0.2, -0.15) is 0 Å². The van der Waals surface area contributed by atoms with Gasteiger partial charge in [-0.1, -0.05) is 11.6 Å². The Balaban J connectivity index is 2.15. The number of allylic oxidation sites excluding steroid dienone is 4. The van der Waals surface area contributed by atoms with Gasteiger partial charge in [0.1, 0.15) is 0 Å². The zero-order valence-electron chi connectivity index (χ0n) is 8.03. The molecule has 0 N–H and O–H groups in total.